The molecule has 0 saturated carbocycles. The molecule has 0 heterocycles. The molecule has 6 heteroatoms. The van der Waals surface area contributed by atoms with Crippen molar-refractivity contribution in [2.45, 2.75) is 18.6 Å². The van der Waals surface area contributed by atoms with Gasteiger partial charge in [0.25, 0.3) is 0 Å². The minimum absolute atomic E-state index is 0.115. The van der Waals surface area contributed by atoms with Crippen LogP contribution < -0.4 is 11.5 Å². The van der Waals surface area contributed by atoms with Gasteiger partial charge >= 0.3 is 0 Å². The van der Waals surface area contributed by atoms with Crippen LogP contribution in [0.4, 0.5) is 0 Å². The molecule has 4 N–H and O–H groups in total. The fraction of sp³-hybridized carbons (Fsp3) is 0.538. The van der Waals surface area contributed by atoms with Gasteiger partial charge in [0.2, 0.25) is 0 Å². The third-order valence-electron chi connectivity index (χ3n) is 2.31. The Balaban J connectivity index is 5.03. The van der Waals surface area contributed by atoms with Crippen molar-refractivity contribution in [3.63, 3.8) is 0 Å². The molecular weight excluding hydrogens is 248 g/mol. The van der Waals surface area contributed by atoms with E-state index in [2.05, 4.69) is 13.2 Å². The van der Waals surface area contributed by atoms with Gasteiger partial charge in [-0.1, -0.05) is 13.2 Å². The second-order valence-corrected chi connectivity index (χ2v) is 3.88. The van der Waals surface area contributed by atoms with Gasteiger partial charge in [0, 0.05) is 13.1 Å². The zero-order chi connectivity index (χ0) is 14.7. The Hall–Kier alpha value is -1.34. The second-order valence-electron chi connectivity index (χ2n) is 3.88. The molecule has 0 fully saturated rings. The summed E-state index contributed by atoms with van der Waals surface area (Å²) < 4.78 is 11.0. The Morgan fingerprint density at radius 2 is 1.32 bits per heavy atom. The molecule has 0 saturated heterocycles. The molecule has 0 radical (unpaired) electrons. The van der Waals surface area contributed by atoms with Crippen molar-refractivity contribution in [1.82, 2.24) is 0 Å². The molecular formula is C13H22N2O4. The lowest BCUT2D eigenvalue weighted by Crippen LogP contribution is -2.42. The average Bonchev–Trinajstić information content (AvgIpc) is 2.42. The van der Waals surface area contributed by atoms with Crippen molar-refractivity contribution in [2.24, 2.45) is 11.5 Å². The quantitative estimate of drug-likeness (QED) is 0.380. The smallest absolute Gasteiger partial charge is 0.182 e. The third-order valence-corrected chi connectivity index (χ3v) is 2.31. The van der Waals surface area contributed by atoms with Crippen molar-refractivity contribution in [2.75, 3.05) is 26.3 Å². The summed E-state index contributed by atoms with van der Waals surface area (Å²) in [4.78, 5) is 23.1. The van der Waals surface area contributed by atoms with Gasteiger partial charge in [0.15, 0.2) is 17.4 Å². The molecule has 6 nitrogen and oxygen atoms in total. The summed E-state index contributed by atoms with van der Waals surface area (Å²) in [5.74, 6) is -1.92. The van der Waals surface area contributed by atoms with Gasteiger partial charge in [-0.15, -0.1) is 0 Å². The van der Waals surface area contributed by atoms with Crippen LogP contribution in [0.25, 0.3) is 0 Å². The van der Waals surface area contributed by atoms with Crippen LogP contribution >= 0.6 is 0 Å². The Morgan fingerprint density at radius 1 is 0.947 bits per heavy atom. The van der Waals surface area contributed by atoms with E-state index in [1.807, 2.05) is 0 Å². The number of hydrogen-bond donors (Lipinski definition) is 2. The van der Waals surface area contributed by atoms with Crippen molar-refractivity contribution in [3.8, 4) is 0 Å². The van der Waals surface area contributed by atoms with E-state index < -0.39 is 5.79 Å². The molecule has 0 rings (SSSR count). The van der Waals surface area contributed by atoms with Crippen LogP contribution in [0.15, 0.2) is 25.3 Å². The fourth-order valence-electron chi connectivity index (χ4n) is 1.47. The third kappa shape index (κ3) is 6.97. The molecule has 19 heavy (non-hydrogen) atoms. The standard InChI is InChI=1S/C13H22N2O4/c1-3-11(16)9-13(18-7-5-14,19-8-6-15)10-12(17)4-2/h3-4H,1-2,5-10,14-15H2. The van der Waals surface area contributed by atoms with Gasteiger partial charge in [-0.25, -0.2) is 0 Å². The van der Waals surface area contributed by atoms with Crippen molar-refractivity contribution >= 4 is 11.6 Å². The Kier molecular flexibility index (Phi) is 8.90. The predicted molar refractivity (Wildman–Crippen MR) is 72.4 cm³/mol. The minimum atomic E-state index is -1.35. The van der Waals surface area contributed by atoms with E-state index in [1.54, 1.807) is 0 Å². The Morgan fingerprint density at radius 3 is 1.58 bits per heavy atom. The van der Waals surface area contributed by atoms with E-state index in [9.17, 15) is 9.59 Å². The summed E-state index contributed by atoms with van der Waals surface area (Å²) in [6.07, 6.45) is 2.08. The van der Waals surface area contributed by atoms with E-state index in [4.69, 9.17) is 20.9 Å². The average molecular weight is 270 g/mol. The van der Waals surface area contributed by atoms with E-state index in [0.717, 1.165) is 12.2 Å². The Labute approximate surface area is 113 Å². The molecule has 0 aliphatic rings. The van der Waals surface area contributed by atoms with E-state index in [0.29, 0.717) is 0 Å². The lowest BCUT2D eigenvalue weighted by molar-refractivity contribution is -0.235. The minimum Gasteiger partial charge on any atom is -0.348 e. The lowest BCUT2D eigenvalue weighted by Gasteiger charge is -2.32. The summed E-state index contributed by atoms with van der Waals surface area (Å²) in [6, 6.07) is 0. The van der Waals surface area contributed by atoms with Crippen LogP contribution in [0.3, 0.4) is 0 Å². The van der Waals surface area contributed by atoms with E-state index in [1.165, 1.54) is 0 Å². The molecule has 0 spiro atoms. The van der Waals surface area contributed by atoms with Gasteiger partial charge in [0.05, 0.1) is 26.1 Å². The predicted octanol–water partition coefficient (Wildman–Crippen LogP) is -0.0763. The number of hydrogen-bond acceptors (Lipinski definition) is 6. The van der Waals surface area contributed by atoms with E-state index in [-0.39, 0.29) is 50.7 Å². The maximum atomic E-state index is 11.5. The molecule has 0 aromatic heterocycles. The first-order valence-corrected chi connectivity index (χ1v) is 6.02. The summed E-state index contributed by atoms with van der Waals surface area (Å²) in [6.45, 7) is 7.61. The number of carbonyl (C=O) groups is 2. The molecule has 0 amide bonds. The molecule has 0 unspecified atom stereocenters. The van der Waals surface area contributed by atoms with Gasteiger partial charge in [0.1, 0.15) is 0 Å². The number of ether oxygens (including phenoxy) is 2. The second kappa shape index (κ2) is 9.57. The highest BCUT2D eigenvalue weighted by molar-refractivity contribution is 5.92. The van der Waals surface area contributed by atoms with Gasteiger partial charge in [-0.3, -0.25) is 9.59 Å². The highest BCUT2D eigenvalue weighted by atomic mass is 16.7. The van der Waals surface area contributed by atoms with Crippen LogP contribution in [0.2, 0.25) is 0 Å². The maximum absolute atomic E-state index is 11.5. The van der Waals surface area contributed by atoms with Crippen LogP contribution in [0.5, 0.6) is 0 Å². The van der Waals surface area contributed by atoms with Crippen molar-refractivity contribution in [1.29, 1.82) is 0 Å². The summed E-state index contributed by atoms with van der Waals surface area (Å²) >= 11 is 0. The monoisotopic (exact) mass is 270 g/mol. The number of nitrogens with two attached hydrogens (primary N) is 2. The molecule has 0 aliphatic carbocycles. The first-order valence-electron chi connectivity index (χ1n) is 6.02. The van der Waals surface area contributed by atoms with Gasteiger partial charge in [-0.05, 0) is 12.2 Å². The highest BCUT2D eigenvalue weighted by Gasteiger charge is 2.35. The first kappa shape index (κ1) is 17.7. The number of allylic oxidation sites excluding steroid dienone is 2. The van der Waals surface area contributed by atoms with Crippen LogP contribution in [-0.4, -0.2) is 43.7 Å². The summed E-state index contributed by atoms with van der Waals surface area (Å²) in [5.41, 5.74) is 10.8. The largest absolute Gasteiger partial charge is 0.348 e. The number of carbonyl (C=O) groups excluding carboxylic acids is 2. The van der Waals surface area contributed by atoms with Crippen LogP contribution in [0.1, 0.15) is 12.8 Å². The molecule has 0 aliphatic heterocycles. The van der Waals surface area contributed by atoms with Crippen molar-refractivity contribution in [3.05, 3.63) is 25.3 Å². The first-order chi connectivity index (χ1) is 9.03. The molecule has 0 atom stereocenters. The highest BCUT2D eigenvalue weighted by Crippen LogP contribution is 2.24. The van der Waals surface area contributed by atoms with Crippen molar-refractivity contribution < 1.29 is 19.1 Å². The molecule has 0 bridgehead atoms. The van der Waals surface area contributed by atoms with E-state index >= 15 is 0 Å². The summed E-state index contributed by atoms with van der Waals surface area (Å²) in [7, 11) is 0. The zero-order valence-corrected chi connectivity index (χ0v) is 11.1. The Bertz CT molecular complexity index is 297. The summed E-state index contributed by atoms with van der Waals surface area (Å²) in [5, 5.41) is 0. The lowest BCUT2D eigenvalue weighted by atomic mass is 10.0. The topological polar surface area (TPSA) is 105 Å². The zero-order valence-electron chi connectivity index (χ0n) is 11.1. The molecule has 108 valence electrons. The van der Waals surface area contributed by atoms with Crippen LogP contribution in [-0.2, 0) is 19.1 Å². The molecule has 0 aromatic rings. The number of ketones is 2. The van der Waals surface area contributed by atoms with Gasteiger partial charge in [-0.2, -0.15) is 0 Å². The SMILES string of the molecule is C=CC(=O)CC(CC(=O)C=C)(OCCN)OCCN. The maximum Gasteiger partial charge on any atom is 0.182 e. The normalized spacial score (nSPS) is 11.1. The van der Waals surface area contributed by atoms with Crippen LogP contribution in [0, 0.1) is 0 Å². The molecule has 0 aromatic carbocycles. The number of rotatable bonds is 12. The fourth-order valence-corrected chi connectivity index (χ4v) is 1.47. The van der Waals surface area contributed by atoms with Gasteiger partial charge < -0.3 is 20.9 Å².